The number of aromatic nitrogens is 2. The molecule has 1 aromatic heterocycles. The number of ether oxygens (including phenoxy) is 1. The molecule has 3 aliphatic rings. The first-order valence-electron chi connectivity index (χ1n) is 9.11. The topological polar surface area (TPSA) is 67.4 Å². The Morgan fingerprint density at radius 1 is 1.33 bits per heavy atom. The number of amides is 1. The van der Waals surface area contributed by atoms with E-state index in [0.29, 0.717) is 23.8 Å². The molecule has 1 N–H and O–H groups in total. The van der Waals surface area contributed by atoms with Gasteiger partial charge in [0.05, 0.1) is 5.60 Å². The number of carbonyl (C=O) groups excluding carboxylic acids is 1. The molecule has 3 heterocycles. The van der Waals surface area contributed by atoms with E-state index < -0.39 is 0 Å². The average molecular weight is 330 g/mol. The molecule has 130 valence electrons. The van der Waals surface area contributed by atoms with Crippen molar-refractivity contribution in [2.24, 2.45) is 11.8 Å². The molecule has 0 bridgehead atoms. The molecule has 3 atom stereocenters. The highest BCUT2D eigenvalue weighted by Gasteiger charge is 2.45. The van der Waals surface area contributed by atoms with Crippen molar-refractivity contribution in [1.82, 2.24) is 14.9 Å². The van der Waals surface area contributed by atoms with Gasteiger partial charge in [0.2, 0.25) is 11.9 Å². The van der Waals surface area contributed by atoms with Crippen LogP contribution in [0.5, 0.6) is 0 Å². The van der Waals surface area contributed by atoms with Crippen molar-refractivity contribution in [1.29, 1.82) is 0 Å². The molecule has 2 aliphatic heterocycles. The van der Waals surface area contributed by atoms with E-state index in [9.17, 15) is 4.79 Å². The van der Waals surface area contributed by atoms with Gasteiger partial charge in [-0.3, -0.25) is 4.79 Å². The van der Waals surface area contributed by atoms with Crippen molar-refractivity contribution < 1.29 is 9.53 Å². The van der Waals surface area contributed by atoms with E-state index in [1.807, 2.05) is 6.07 Å². The van der Waals surface area contributed by atoms with Crippen LogP contribution in [0.3, 0.4) is 0 Å². The maximum absolute atomic E-state index is 12.4. The Hall–Kier alpha value is -1.69. The molecule has 6 heteroatoms. The lowest BCUT2D eigenvalue weighted by Crippen LogP contribution is -2.53. The van der Waals surface area contributed by atoms with Gasteiger partial charge in [-0.15, -0.1) is 0 Å². The van der Waals surface area contributed by atoms with E-state index in [0.717, 1.165) is 51.8 Å². The van der Waals surface area contributed by atoms with Gasteiger partial charge in [0.15, 0.2) is 0 Å². The molecule has 6 nitrogen and oxygen atoms in total. The average Bonchev–Trinajstić information content (AvgIpc) is 3.33. The molecule has 3 fully saturated rings. The van der Waals surface area contributed by atoms with Crippen LogP contribution in [0.2, 0.25) is 0 Å². The van der Waals surface area contributed by atoms with Crippen LogP contribution < -0.4 is 5.32 Å². The van der Waals surface area contributed by atoms with Gasteiger partial charge >= 0.3 is 0 Å². The number of anilines is 1. The second-order valence-corrected chi connectivity index (χ2v) is 7.58. The number of nitrogens with one attached hydrogen (secondary N) is 1. The molecule has 1 amide bonds. The van der Waals surface area contributed by atoms with Gasteiger partial charge in [-0.05, 0) is 44.1 Å². The Kier molecular flexibility index (Phi) is 4.16. The van der Waals surface area contributed by atoms with Crippen LogP contribution in [0, 0.1) is 11.8 Å². The van der Waals surface area contributed by atoms with Crippen molar-refractivity contribution >= 4 is 11.9 Å². The predicted octanol–water partition coefficient (Wildman–Crippen LogP) is 2.08. The molecule has 1 spiro atoms. The molecule has 4 rings (SSSR count). The highest BCUT2D eigenvalue weighted by molar-refractivity contribution is 5.81. The van der Waals surface area contributed by atoms with Crippen molar-refractivity contribution in [2.45, 2.75) is 50.7 Å². The summed E-state index contributed by atoms with van der Waals surface area (Å²) < 4.78 is 6.18. The van der Waals surface area contributed by atoms with Crippen LogP contribution in [0.1, 0.15) is 39.0 Å². The van der Waals surface area contributed by atoms with Gasteiger partial charge in [0, 0.05) is 44.0 Å². The quantitative estimate of drug-likeness (QED) is 0.919. The summed E-state index contributed by atoms with van der Waals surface area (Å²) in [7, 11) is 0. The predicted molar refractivity (Wildman–Crippen MR) is 90.4 cm³/mol. The standard InChI is InChI=1S/C18H26N4O2/c1-13-11-15(13)16(23)22-8-4-18(5-9-22)12-14(3-10-24-18)21-17-19-6-2-7-20-17/h2,6-7,13-15H,3-5,8-12H2,1H3,(H,19,20,21). The zero-order chi connectivity index (χ0) is 16.6. The second kappa shape index (κ2) is 6.31. The number of hydrogen-bond donors (Lipinski definition) is 1. The number of rotatable bonds is 3. The SMILES string of the molecule is CC1CC1C(=O)N1CCC2(CC1)CC(Nc1ncccn1)CCO2. The van der Waals surface area contributed by atoms with Crippen LogP contribution in [0.25, 0.3) is 0 Å². The van der Waals surface area contributed by atoms with E-state index in [4.69, 9.17) is 4.74 Å². The Morgan fingerprint density at radius 3 is 2.71 bits per heavy atom. The molecule has 0 radical (unpaired) electrons. The first-order valence-corrected chi connectivity index (χ1v) is 9.11. The summed E-state index contributed by atoms with van der Waals surface area (Å²) in [5, 5.41) is 3.44. The number of nitrogens with zero attached hydrogens (tertiary/aromatic N) is 3. The highest BCUT2D eigenvalue weighted by Crippen LogP contribution is 2.41. The molecule has 2 saturated heterocycles. The molecular formula is C18H26N4O2. The van der Waals surface area contributed by atoms with E-state index >= 15 is 0 Å². The van der Waals surface area contributed by atoms with Gasteiger partial charge < -0.3 is 15.0 Å². The lowest BCUT2D eigenvalue weighted by atomic mass is 9.82. The summed E-state index contributed by atoms with van der Waals surface area (Å²) >= 11 is 0. The normalized spacial score (nSPS) is 31.7. The number of carbonyl (C=O) groups is 1. The first kappa shape index (κ1) is 15.8. The van der Waals surface area contributed by atoms with E-state index in [2.05, 4.69) is 27.1 Å². The van der Waals surface area contributed by atoms with Gasteiger partial charge in [-0.1, -0.05) is 6.92 Å². The molecule has 1 aromatic rings. The lowest BCUT2D eigenvalue weighted by molar-refractivity contribution is -0.144. The summed E-state index contributed by atoms with van der Waals surface area (Å²) in [4.78, 5) is 23.0. The Morgan fingerprint density at radius 2 is 2.04 bits per heavy atom. The third kappa shape index (κ3) is 3.24. The fraction of sp³-hybridized carbons (Fsp3) is 0.722. The van der Waals surface area contributed by atoms with Gasteiger partial charge in [0.25, 0.3) is 0 Å². The van der Waals surface area contributed by atoms with Crippen LogP contribution in [0.4, 0.5) is 5.95 Å². The van der Waals surface area contributed by atoms with Crippen LogP contribution >= 0.6 is 0 Å². The molecule has 3 unspecified atom stereocenters. The summed E-state index contributed by atoms with van der Waals surface area (Å²) in [6.45, 7) is 4.59. The van der Waals surface area contributed by atoms with E-state index in [-0.39, 0.29) is 11.5 Å². The lowest BCUT2D eigenvalue weighted by Gasteiger charge is -2.46. The number of piperidine rings is 1. The van der Waals surface area contributed by atoms with Gasteiger partial charge in [-0.2, -0.15) is 0 Å². The Bertz CT molecular complexity index is 586. The van der Waals surface area contributed by atoms with E-state index in [1.54, 1.807) is 12.4 Å². The van der Waals surface area contributed by atoms with Crippen LogP contribution in [0.15, 0.2) is 18.5 Å². The maximum Gasteiger partial charge on any atom is 0.225 e. The number of hydrogen-bond acceptors (Lipinski definition) is 5. The highest BCUT2D eigenvalue weighted by atomic mass is 16.5. The summed E-state index contributed by atoms with van der Waals surface area (Å²) in [6.07, 6.45) is 8.40. The minimum Gasteiger partial charge on any atom is -0.375 e. The van der Waals surface area contributed by atoms with E-state index in [1.165, 1.54) is 0 Å². The number of likely N-dealkylation sites (tertiary alicyclic amines) is 1. The fourth-order valence-electron chi connectivity index (χ4n) is 4.09. The summed E-state index contributed by atoms with van der Waals surface area (Å²) in [5.74, 6) is 1.92. The van der Waals surface area contributed by atoms with Crippen LogP contribution in [-0.4, -0.2) is 52.1 Å². The molecule has 0 aromatic carbocycles. The van der Waals surface area contributed by atoms with Crippen LogP contribution in [-0.2, 0) is 9.53 Å². The molecule has 1 aliphatic carbocycles. The largest absolute Gasteiger partial charge is 0.375 e. The van der Waals surface area contributed by atoms with Crippen molar-refractivity contribution in [3.63, 3.8) is 0 Å². The zero-order valence-electron chi connectivity index (χ0n) is 14.3. The molecule has 24 heavy (non-hydrogen) atoms. The Labute approximate surface area is 143 Å². The smallest absolute Gasteiger partial charge is 0.225 e. The first-order chi connectivity index (χ1) is 11.7. The fourth-order valence-corrected chi connectivity index (χ4v) is 4.09. The molecule has 1 saturated carbocycles. The van der Waals surface area contributed by atoms with Gasteiger partial charge in [-0.25, -0.2) is 9.97 Å². The zero-order valence-corrected chi connectivity index (χ0v) is 14.3. The third-order valence-corrected chi connectivity index (χ3v) is 5.80. The minimum absolute atomic E-state index is 0.0867. The third-order valence-electron chi connectivity index (χ3n) is 5.80. The second-order valence-electron chi connectivity index (χ2n) is 7.58. The summed E-state index contributed by atoms with van der Waals surface area (Å²) in [6, 6.07) is 2.16. The van der Waals surface area contributed by atoms with Crippen molar-refractivity contribution in [3.8, 4) is 0 Å². The molecular weight excluding hydrogens is 304 g/mol. The minimum atomic E-state index is -0.0867. The van der Waals surface area contributed by atoms with Crippen molar-refractivity contribution in [3.05, 3.63) is 18.5 Å². The van der Waals surface area contributed by atoms with Crippen molar-refractivity contribution in [2.75, 3.05) is 25.0 Å². The summed E-state index contributed by atoms with van der Waals surface area (Å²) in [5.41, 5.74) is -0.0867. The van der Waals surface area contributed by atoms with Gasteiger partial charge in [0.1, 0.15) is 0 Å². The Balaban J connectivity index is 1.33. The monoisotopic (exact) mass is 330 g/mol. The maximum atomic E-state index is 12.4.